The van der Waals surface area contributed by atoms with Crippen molar-refractivity contribution in [2.75, 3.05) is 5.32 Å². The average molecular weight is 311 g/mol. The highest BCUT2D eigenvalue weighted by molar-refractivity contribution is 7.17. The first kappa shape index (κ1) is 12.4. The molecule has 2 aromatic carbocycles. The van der Waals surface area contributed by atoms with Crippen molar-refractivity contribution in [3.05, 3.63) is 53.0 Å². The van der Waals surface area contributed by atoms with Gasteiger partial charge in [0.1, 0.15) is 0 Å². The highest BCUT2D eigenvalue weighted by atomic mass is 32.1. The van der Waals surface area contributed by atoms with Crippen LogP contribution in [0.1, 0.15) is 10.4 Å². The van der Waals surface area contributed by atoms with Crippen molar-refractivity contribution in [3.63, 3.8) is 0 Å². The van der Waals surface area contributed by atoms with Crippen LogP contribution in [0.25, 0.3) is 20.4 Å². The molecule has 0 spiro atoms. The maximum Gasteiger partial charge on any atom is 0.255 e. The Hall–Kier alpha value is -2.31. The van der Waals surface area contributed by atoms with Gasteiger partial charge in [-0.3, -0.25) is 4.79 Å². The normalized spacial score (nSPS) is 11.0. The molecule has 4 nitrogen and oxygen atoms in total. The average Bonchev–Trinajstić information content (AvgIpc) is 3.14. The summed E-state index contributed by atoms with van der Waals surface area (Å²) in [4.78, 5) is 20.8. The minimum absolute atomic E-state index is 0.125. The fourth-order valence-electron chi connectivity index (χ4n) is 2.14. The van der Waals surface area contributed by atoms with Crippen LogP contribution in [0.15, 0.2) is 47.4 Å². The maximum absolute atomic E-state index is 12.3. The van der Waals surface area contributed by atoms with E-state index in [1.54, 1.807) is 28.4 Å². The molecule has 0 fully saturated rings. The van der Waals surface area contributed by atoms with E-state index in [2.05, 4.69) is 15.3 Å². The first-order chi connectivity index (χ1) is 10.3. The number of carbonyl (C=O) groups excluding carboxylic acids is 1. The summed E-state index contributed by atoms with van der Waals surface area (Å²) in [6.45, 7) is 0. The summed E-state index contributed by atoms with van der Waals surface area (Å²) in [5, 5.41) is 2.91. The van der Waals surface area contributed by atoms with E-state index < -0.39 is 0 Å². The van der Waals surface area contributed by atoms with Gasteiger partial charge in [-0.25, -0.2) is 9.97 Å². The minimum Gasteiger partial charge on any atom is -0.322 e. The lowest BCUT2D eigenvalue weighted by atomic mass is 10.2. The molecular weight excluding hydrogens is 302 g/mol. The van der Waals surface area contributed by atoms with Gasteiger partial charge in [-0.15, -0.1) is 22.7 Å². The number of aromatic nitrogens is 2. The Morgan fingerprint density at radius 3 is 2.62 bits per heavy atom. The van der Waals surface area contributed by atoms with Crippen molar-refractivity contribution >= 4 is 54.7 Å². The summed E-state index contributed by atoms with van der Waals surface area (Å²) in [5.74, 6) is -0.125. The smallest absolute Gasteiger partial charge is 0.255 e. The molecule has 2 aromatic heterocycles. The molecule has 4 aromatic rings. The molecule has 0 radical (unpaired) electrons. The lowest BCUT2D eigenvalue weighted by Crippen LogP contribution is -2.11. The van der Waals surface area contributed by atoms with Crippen molar-refractivity contribution in [2.24, 2.45) is 0 Å². The van der Waals surface area contributed by atoms with Crippen LogP contribution < -0.4 is 5.32 Å². The SMILES string of the molecule is O=C(Nc1ccc2scnc2c1)c1ccc2ncsc2c1. The second kappa shape index (κ2) is 4.91. The van der Waals surface area contributed by atoms with E-state index in [-0.39, 0.29) is 5.91 Å². The number of hydrogen-bond acceptors (Lipinski definition) is 5. The summed E-state index contributed by atoms with van der Waals surface area (Å²) in [5.41, 5.74) is 6.78. The predicted octanol–water partition coefficient (Wildman–Crippen LogP) is 4.16. The molecule has 0 aliphatic heterocycles. The number of fused-ring (bicyclic) bond motifs is 2. The molecule has 0 saturated heterocycles. The number of nitrogens with zero attached hydrogens (tertiary/aromatic N) is 2. The summed E-state index contributed by atoms with van der Waals surface area (Å²) < 4.78 is 2.12. The van der Waals surface area contributed by atoms with Gasteiger partial charge in [-0.2, -0.15) is 0 Å². The quantitative estimate of drug-likeness (QED) is 0.605. The Labute approximate surface area is 128 Å². The summed E-state index contributed by atoms with van der Waals surface area (Å²) in [6, 6.07) is 11.3. The Morgan fingerprint density at radius 2 is 1.71 bits per heavy atom. The first-order valence-corrected chi connectivity index (χ1v) is 8.03. The van der Waals surface area contributed by atoms with Crippen LogP contribution in [0.4, 0.5) is 5.69 Å². The van der Waals surface area contributed by atoms with Gasteiger partial charge in [0.05, 0.1) is 31.5 Å². The topological polar surface area (TPSA) is 54.9 Å². The van der Waals surface area contributed by atoms with E-state index in [0.29, 0.717) is 5.56 Å². The maximum atomic E-state index is 12.3. The van der Waals surface area contributed by atoms with Crippen LogP contribution in [-0.4, -0.2) is 15.9 Å². The van der Waals surface area contributed by atoms with Crippen LogP contribution in [0.2, 0.25) is 0 Å². The molecule has 0 atom stereocenters. The Morgan fingerprint density at radius 1 is 0.905 bits per heavy atom. The van der Waals surface area contributed by atoms with Crippen LogP contribution in [-0.2, 0) is 0 Å². The van der Waals surface area contributed by atoms with Gasteiger partial charge >= 0.3 is 0 Å². The van der Waals surface area contributed by atoms with E-state index in [1.165, 1.54) is 11.3 Å². The molecule has 4 rings (SSSR count). The van der Waals surface area contributed by atoms with Gasteiger partial charge in [0.2, 0.25) is 0 Å². The molecule has 0 unspecified atom stereocenters. The molecular formula is C15H9N3OS2. The highest BCUT2D eigenvalue weighted by Gasteiger charge is 2.08. The van der Waals surface area contributed by atoms with Gasteiger partial charge in [-0.1, -0.05) is 0 Å². The zero-order chi connectivity index (χ0) is 14.2. The number of hydrogen-bond donors (Lipinski definition) is 1. The van der Waals surface area contributed by atoms with Crippen LogP contribution in [0, 0.1) is 0 Å². The molecule has 1 amide bonds. The molecule has 21 heavy (non-hydrogen) atoms. The Balaban J connectivity index is 1.64. The number of rotatable bonds is 2. The van der Waals surface area contributed by atoms with Gasteiger partial charge in [0.15, 0.2) is 0 Å². The van der Waals surface area contributed by atoms with Gasteiger partial charge in [-0.05, 0) is 36.4 Å². The Kier molecular flexibility index (Phi) is 2.90. The molecule has 102 valence electrons. The van der Waals surface area contributed by atoms with Crippen molar-refractivity contribution in [3.8, 4) is 0 Å². The van der Waals surface area contributed by atoms with Crippen molar-refractivity contribution in [2.45, 2.75) is 0 Å². The highest BCUT2D eigenvalue weighted by Crippen LogP contribution is 2.23. The van der Waals surface area contributed by atoms with Gasteiger partial charge in [0, 0.05) is 11.3 Å². The van der Waals surface area contributed by atoms with E-state index in [0.717, 1.165) is 26.1 Å². The van der Waals surface area contributed by atoms with Crippen molar-refractivity contribution < 1.29 is 4.79 Å². The fraction of sp³-hybridized carbons (Fsp3) is 0. The standard InChI is InChI=1S/C15H9N3OS2/c19-15(9-1-3-11-14(5-9)21-7-16-11)18-10-2-4-13-12(6-10)17-8-20-13/h1-8H,(H,18,19). The minimum atomic E-state index is -0.125. The van der Waals surface area contributed by atoms with Crippen molar-refractivity contribution in [1.82, 2.24) is 9.97 Å². The third kappa shape index (κ3) is 2.28. The summed E-state index contributed by atoms with van der Waals surface area (Å²) >= 11 is 3.11. The first-order valence-electron chi connectivity index (χ1n) is 6.27. The van der Waals surface area contributed by atoms with Crippen LogP contribution in [0.3, 0.4) is 0 Å². The number of amides is 1. The summed E-state index contributed by atoms with van der Waals surface area (Å²) in [6.07, 6.45) is 0. The van der Waals surface area contributed by atoms with E-state index in [9.17, 15) is 4.79 Å². The number of anilines is 1. The Bertz CT molecular complexity index is 958. The number of carbonyl (C=O) groups is 1. The molecule has 6 heteroatoms. The van der Waals surface area contributed by atoms with E-state index in [4.69, 9.17) is 0 Å². The molecule has 1 N–H and O–H groups in total. The number of thiazole rings is 2. The fourth-order valence-corrected chi connectivity index (χ4v) is 3.51. The second-order valence-electron chi connectivity index (χ2n) is 4.52. The lowest BCUT2D eigenvalue weighted by Gasteiger charge is -2.05. The van der Waals surface area contributed by atoms with Crippen LogP contribution in [0.5, 0.6) is 0 Å². The van der Waals surface area contributed by atoms with Crippen molar-refractivity contribution in [1.29, 1.82) is 0 Å². The largest absolute Gasteiger partial charge is 0.322 e. The van der Waals surface area contributed by atoms with Gasteiger partial charge in [0.25, 0.3) is 5.91 Å². The third-order valence-corrected chi connectivity index (χ3v) is 4.78. The lowest BCUT2D eigenvalue weighted by molar-refractivity contribution is 0.102. The van der Waals surface area contributed by atoms with E-state index >= 15 is 0 Å². The molecule has 0 bridgehead atoms. The van der Waals surface area contributed by atoms with E-state index in [1.807, 2.05) is 30.3 Å². The number of benzene rings is 2. The molecule has 0 saturated carbocycles. The second-order valence-corrected chi connectivity index (χ2v) is 6.30. The molecule has 0 aliphatic rings. The van der Waals surface area contributed by atoms with Crippen LogP contribution >= 0.6 is 22.7 Å². The molecule has 0 aliphatic carbocycles. The monoisotopic (exact) mass is 311 g/mol. The van der Waals surface area contributed by atoms with Gasteiger partial charge < -0.3 is 5.32 Å². The zero-order valence-corrected chi connectivity index (χ0v) is 12.4. The predicted molar refractivity (Wildman–Crippen MR) is 87.2 cm³/mol. The molecule has 2 heterocycles. The zero-order valence-electron chi connectivity index (χ0n) is 10.7. The third-order valence-electron chi connectivity index (χ3n) is 3.18. The number of nitrogens with one attached hydrogen (secondary N) is 1. The summed E-state index contributed by atoms with van der Waals surface area (Å²) in [7, 11) is 0.